The van der Waals surface area contributed by atoms with E-state index in [0.29, 0.717) is 23.0 Å². The van der Waals surface area contributed by atoms with E-state index in [4.69, 9.17) is 17.7 Å². The van der Waals surface area contributed by atoms with E-state index in [9.17, 15) is 0 Å². The van der Waals surface area contributed by atoms with Gasteiger partial charge in [-0.3, -0.25) is 0 Å². The normalized spacial score (nSPS) is 11.8. The largest absolute Gasteiger partial charge is 0.467 e. The van der Waals surface area contributed by atoms with Gasteiger partial charge in [0, 0.05) is 0 Å². The molecule has 4 aromatic rings. The van der Waals surface area contributed by atoms with Gasteiger partial charge in [-0.05, 0) is 48.5 Å². The van der Waals surface area contributed by atoms with Crippen molar-refractivity contribution in [2.75, 3.05) is 0 Å². The lowest BCUT2D eigenvalue weighted by Crippen LogP contribution is -2.28. The summed E-state index contributed by atoms with van der Waals surface area (Å²) in [5.41, 5.74) is -0.875. The summed E-state index contributed by atoms with van der Waals surface area (Å²) in [6, 6.07) is 14.9. The fourth-order valence-corrected chi connectivity index (χ4v) is 2.70. The van der Waals surface area contributed by atoms with E-state index in [1.807, 2.05) is 48.5 Å². The van der Waals surface area contributed by atoms with Gasteiger partial charge in [-0.25, -0.2) is 0 Å². The monoisotopic (exact) mass is 280 g/mol. The fourth-order valence-electron chi connectivity index (χ4n) is 2.70. The standard InChI is InChI=1S/C17H12O4/c1-5-13(18-9-1)17(14-6-2-10-19-14,15-7-3-11-20-15)16-8-4-12-21-16/h1-12H. The van der Waals surface area contributed by atoms with Gasteiger partial charge in [0.05, 0.1) is 25.1 Å². The molecule has 21 heavy (non-hydrogen) atoms. The second kappa shape index (κ2) is 4.59. The van der Waals surface area contributed by atoms with Gasteiger partial charge >= 0.3 is 0 Å². The first-order valence-electron chi connectivity index (χ1n) is 6.58. The van der Waals surface area contributed by atoms with Crippen LogP contribution in [-0.4, -0.2) is 0 Å². The Bertz CT molecular complexity index is 633. The SMILES string of the molecule is c1coc(C(c2ccco2)(c2ccco2)c2ccco2)c1. The zero-order valence-corrected chi connectivity index (χ0v) is 11.1. The van der Waals surface area contributed by atoms with Crippen LogP contribution in [0.15, 0.2) is 91.3 Å². The molecule has 0 spiro atoms. The molecule has 0 bridgehead atoms. The number of hydrogen-bond acceptors (Lipinski definition) is 4. The maximum atomic E-state index is 5.69. The molecule has 0 aliphatic rings. The molecule has 4 rings (SSSR count). The van der Waals surface area contributed by atoms with E-state index < -0.39 is 5.41 Å². The molecule has 0 saturated carbocycles. The number of furan rings is 4. The highest BCUT2D eigenvalue weighted by molar-refractivity contribution is 5.48. The minimum Gasteiger partial charge on any atom is -0.467 e. The van der Waals surface area contributed by atoms with Gasteiger partial charge in [-0.15, -0.1) is 0 Å². The Kier molecular flexibility index (Phi) is 2.60. The molecule has 4 heteroatoms. The van der Waals surface area contributed by atoms with Gasteiger partial charge < -0.3 is 17.7 Å². The van der Waals surface area contributed by atoms with E-state index in [1.165, 1.54) is 0 Å². The number of hydrogen-bond donors (Lipinski definition) is 0. The van der Waals surface area contributed by atoms with E-state index in [0.717, 1.165) is 0 Å². The zero-order chi connectivity index (χ0) is 14.1. The van der Waals surface area contributed by atoms with Crippen LogP contribution in [0, 0.1) is 0 Å². The quantitative estimate of drug-likeness (QED) is 0.554. The molecule has 104 valence electrons. The van der Waals surface area contributed by atoms with Crippen LogP contribution < -0.4 is 0 Å². The van der Waals surface area contributed by atoms with Crippen LogP contribution in [0.2, 0.25) is 0 Å². The Balaban J connectivity index is 2.10. The lowest BCUT2D eigenvalue weighted by molar-refractivity contribution is 0.311. The first-order chi connectivity index (χ1) is 10.4. The van der Waals surface area contributed by atoms with Crippen LogP contribution in [0.25, 0.3) is 0 Å². The first-order valence-corrected chi connectivity index (χ1v) is 6.58. The third-order valence-corrected chi connectivity index (χ3v) is 3.56. The van der Waals surface area contributed by atoms with Crippen LogP contribution in [0.1, 0.15) is 23.0 Å². The first kappa shape index (κ1) is 11.9. The average Bonchev–Trinajstić information content (AvgIpc) is 3.32. The summed E-state index contributed by atoms with van der Waals surface area (Å²) in [6.07, 6.45) is 6.50. The molecule has 4 aromatic heterocycles. The van der Waals surface area contributed by atoms with Gasteiger partial charge in [0.2, 0.25) is 5.41 Å². The van der Waals surface area contributed by atoms with Crippen molar-refractivity contribution in [2.45, 2.75) is 5.41 Å². The summed E-state index contributed by atoms with van der Waals surface area (Å²) < 4.78 is 22.8. The smallest absolute Gasteiger partial charge is 0.200 e. The topological polar surface area (TPSA) is 52.6 Å². The van der Waals surface area contributed by atoms with Crippen LogP contribution in [0.4, 0.5) is 0 Å². The summed E-state index contributed by atoms with van der Waals surface area (Å²) in [5, 5.41) is 0. The molecule has 0 N–H and O–H groups in total. The highest BCUT2D eigenvalue weighted by Gasteiger charge is 2.48. The molecule has 0 fully saturated rings. The highest BCUT2D eigenvalue weighted by atomic mass is 16.4. The molecule has 0 aliphatic carbocycles. The molecule has 0 radical (unpaired) electrons. The fraction of sp³-hybridized carbons (Fsp3) is 0.0588. The van der Waals surface area contributed by atoms with Gasteiger partial charge in [0.1, 0.15) is 23.0 Å². The van der Waals surface area contributed by atoms with Crippen molar-refractivity contribution in [3.8, 4) is 0 Å². The molecule has 0 aromatic carbocycles. The van der Waals surface area contributed by atoms with Crippen LogP contribution in [-0.2, 0) is 5.41 Å². The molecule has 0 aliphatic heterocycles. The van der Waals surface area contributed by atoms with Crippen LogP contribution in [0.3, 0.4) is 0 Å². The van der Waals surface area contributed by atoms with Gasteiger partial charge in [0.25, 0.3) is 0 Å². The van der Waals surface area contributed by atoms with Crippen molar-refractivity contribution in [1.29, 1.82) is 0 Å². The van der Waals surface area contributed by atoms with E-state index in [1.54, 1.807) is 25.1 Å². The maximum absolute atomic E-state index is 5.69. The third-order valence-electron chi connectivity index (χ3n) is 3.56. The minimum atomic E-state index is -0.875. The summed E-state index contributed by atoms with van der Waals surface area (Å²) >= 11 is 0. The van der Waals surface area contributed by atoms with Crippen LogP contribution in [0.5, 0.6) is 0 Å². The Morgan fingerprint density at radius 1 is 0.476 bits per heavy atom. The van der Waals surface area contributed by atoms with E-state index >= 15 is 0 Å². The zero-order valence-electron chi connectivity index (χ0n) is 11.1. The average molecular weight is 280 g/mol. The number of rotatable bonds is 4. The maximum Gasteiger partial charge on any atom is 0.200 e. The highest BCUT2D eigenvalue weighted by Crippen LogP contribution is 2.45. The molecule has 0 amide bonds. The Morgan fingerprint density at radius 3 is 0.952 bits per heavy atom. The third kappa shape index (κ3) is 1.62. The van der Waals surface area contributed by atoms with Crippen molar-refractivity contribution < 1.29 is 17.7 Å². The van der Waals surface area contributed by atoms with Crippen molar-refractivity contribution in [1.82, 2.24) is 0 Å². The van der Waals surface area contributed by atoms with Crippen molar-refractivity contribution >= 4 is 0 Å². The van der Waals surface area contributed by atoms with Crippen molar-refractivity contribution in [3.05, 3.63) is 96.6 Å². The minimum absolute atomic E-state index is 0.669. The molecule has 4 heterocycles. The lowest BCUT2D eigenvalue weighted by Gasteiger charge is -2.25. The second-order valence-electron chi connectivity index (χ2n) is 4.66. The van der Waals surface area contributed by atoms with Gasteiger partial charge in [-0.2, -0.15) is 0 Å². The Labute approximate surface area is 120 Å². The predicted octanol–water partition coefficient (Wildman–Crippen LogP) is 4.44. The summed E-state index contributed by atoms with van der Waals surface area (Å²) in [4.78, 5) is 0. The lowest BCUT2D eigenvalue weighted by atomic mass is 9.77. The molecular weight excluding hydrogens is 268 g/mol. The summed E-state index contributed by atoms with van der Waals surface area (Å²) in [7, 11) is 0. The van der Waals surface area contributed by atoms with Gasteiger partial charge in [-0.1, -0.05) is 0 Å². The Morgan fingerprint density at radius 2 is 0.762 bits per heavy atom. The molecule has 4 nitrogen and oxygen atoms in total. The molecule has 0 saturated heterocycles. The predicted molar refractivity (Wildman–Crippen MR) is 73.8 cm³/mol. The van der Waals surface area contributed by atoms with E-state index in [2.05, 4.69) is 0 Å². The van der Waals surface area contributed by atoms with Crippen molar-refractivity contribution in [2.24, 2.45) is 0 Å². The van der Waals surface area contributed by atoms with Crippen LogP contribution >= 0.6 is 0 Å². The molecular formula is C17H12O4. The molecule has 0 atom stereocenters. The van der Waals surface area contributed by atoms with E-state index in [-0.39, 0.29) is 0 Å². The Hall–Kier alpha value is -2.88. The summed E-state index contributed by atoms with van der Waals surface area (Å²) in [6.45, 7) is 0. The van der Waals surface area contributed by atoms with Gasteiger partial charge in [0.15, 0.2) is 0 Å². The molecule has 0 unspecified atom stereocenters. The summed E-state index contributed by atoms with van der Waals surface area (Å²) in [5.74, 6) is 2.68. The van der Waals surface area contributed by atoms with Crippen molar-refractivity contribution in [3.63, 3.8) is 0 Å². The second-order valence-corrected chi connectivity index (χ2v) is 4.66.